The Labute approximate surface area is 192 Å². The van der Waals surface area contributed by atoms with Crippen LogP contribution in [0.5, 0.6) is 0 Å². The highest BCUT2D eigenvalue weighted by Crippen LogP contribution is 2.28. The Balaban J connectivity index is 1.60. The molecule has 8 nitrogen and oxygen atoms in total. The topological polar surface area (TPSA) is 86.4 Å². The molecule has 0 amide bonds. The summed E-state index contributed by atoms with van der Waals surface area (Å²) >= 11 is 1.38. The van der Waals surface area contributed by atoms with Gasteiger partial charge < -0.3 is 13.9 Å². The molecule has 1 fully saturated rings. The van der Waals surface area contributed by atoms with Crippen molar-refractivity contribution in [3.8, 4) is 0 Å². The number of aryl methyl sites for hydroxylation is 2. The maximum absolute atomic E-state index is 13.0. The smallest absolute Gasteiger partial charge is 0.243 e. The van der Waals surface area contributed by atoms with E-state index in [1.807, 2.05) is 43.0 Å². The fourth-order valence-corrected chi connectivity index (χ4v) is 6.34. The SMILES string of the molecule is CCn1c(SCC(=O)c2cc(C)n(C)c2C)nc2cc(S(=O)(=O)N3CCOCC3)ccc21. The van der Waals surface area contributed by atoms with Crippen LogP contribution < -0.4 is 0 Å². The second-order valence-corrected chi connectivity index (χ2v) is 10.7. The van der Waals surface area contributed by atoms with Gasteiger partial charge in [-0.25, -0.2) is 13.4 Å². The second-order valence-electron chi connectivity index (χ2n) is 7.86. The normalized spacial score (nSPS) is 15.5. The Hall–Kier alpha value is -2.14. The van der Waals surface area contributed by atoms with Gasteiger partial charge in [0.2, 0.25) is 10.0 Å². The molecule has 1 aromatic carbocycles. The van der Waals surface area contributed by atoms with E-state index in [1.165, 1.54) is 16.1 Å². The van der Waals surface area contributed by atoms with Gasteiger partial charge >= 0.3 is 0 Å². The number of ether oxygens (including phenoxy) is 1. The van der Waals surface area contributed by atoms with Crippen LogP contribution in [0.1, 0.15) is 28.7 Å². The molecule has 0 saturated carbocycles. The van der Waals surface area contributed by atoms with Crippen molar-refractivity contribution in [2.75, 3.05) is 32.1 Å². The third kappa shape index (κ3) is 4.12. The Kier molecular flexibility index (Phi) is 6.49. The Morgan fingerprint density at radius 1 is 1.19 bits per heavy atom. The monoisotopic (exact) mass is 476 g/mol. The number of morpholine rings is 1. The van der Waals surface area contributed by atoms with E-state index in [4.69, 9.17) is 4.74 Å². The van der Waals surface area contributed by atoms with Crippen molar-refractivity contribution in [1.82, 2.24) is 18.4 Å². The molecule has 10 heteroatoms. The lowest BCUT2D eigenvalue weighted by Crippen LogP contribution is -2.40. The zero-order valence-electron chi connectivity index (χ0n) is 18.8. The molecule has 0 aliphatic carbocycles. The number of imidazole rings is 1. The number of ketones is 1. The van der Waals surface area contributed by atoms with Crippen molar-refractivity contribution >= 4 is 38.6 Å². The van der Waals surface area contributed by atoms with E-state index >= 15 is 0 Å². The number of benzene rings is 1. The van der Waals surface area contributed by atoms with Crippen LogP contribution in [-0.2, 0) is 28.4 Å². The van der Waals surface area contributed by atoms with Gasteiger partial charge in [0.15, 0.2) is 10.9 Å². The minimum absolute atomic E-state index is 0.0569. The number of sulfonamides is 1. The number of hydrogen-bond acceptors (Lipinski definition) is 6. The number of rotatable bonds is 7. The molecule has 2 aromatic heterocycles. The molecule has 0 atom stereocenters. The molecule has 1 saturated heterocycles. The van der Waals surface area contributed by atoms with Crippen molar-refractivity contribution < 1.29 is 17.9 Å². The van der Waals surface area contributed by atoms with Crippen molar-refractivity contribution in [1.29, 1.82) is 0 Å². The Morgan fingerprint density at radius 3 is 2.53 bits per heavy atom. The third-order valence-corrected chi connectivity index (χ3v) is 8.89. The van der Waals surface area contributed by atoms with E-state index in [-0.39, 0.29) is 16.4 Å². The first-order chi connectivity index (χ1) is 15.2. The molecule has 1 aliphatic heterocycles. The molecule has 172 valence electrons. The summed E-state index contributed by atoms with van der Waals surface area (Å²) in [7, 11) is -1.64. The van der Waals surface area contributed by atoms with Crippen LogP contribution in [0.15, 0.2) is 34.3 Å². The minimum Gasteiger partial charge on any atom is -0.379 e. The molecule has 1 aliphatic rings. The van der Waals surface area contributed by atoms with Gasteiger partial charge in [-0.3, -0.25) is 4.79 Å². The average molecular weight is 477 g/mol. The molecule has 3 heterocycles. The van der Waals surface area contributed by atoms with E-state index in [2.05, 4.69) is 4.98 Å². The summed E-state index contributed by atoms with van der Waals surface area (Å²) in [5.74, 6) is 0.327. The maximum atomic E-state index is 13.0. The van der Waals surface area contributed by atoms with Crippen LogP contribution >= 0.6 is 11.8 Å². The summed E-state index contributed by atoms with van der Waals surface area (Å²) in [4.78, 5) is 17.7. The fraction of sp³-hybridized carbons (Fsp3) is 0.455. The van der Waals surface area contributed by atoms with E-state index < -0.39 is 10.0 Å². The zero-order valence-corrected chi connectivity index (χ0v) is 20.4. The van der Waals surface area contributed by atoms with Gasteiger partial charge in [-0.2, -0.15) is 4.31 Å². The van der Waals surface area contributed by atoms with E-state index in [9.17, 15) is 13.2 Å². The lowest BCUT2D eigenvalue weighted by atomic mass is 10.2. The van der Waals surface area contributed by atoms with Gasteiger partial charge in [-0.1, -0.05) is 11.8 Å². The molecule has 0 bridgehead atoms. The van der Waals surface area contributed by atoms with Gasteiger partial charge in [0, 0.05) is 43.6 Å². The number of nitrogens with zero attached hydrogens (tertiary/aromatic N) is 4. The third-order valence-electron chi connectivity index (χ3n) is 6.02. The molecular weight excluding hydrogens is 448 g/mol. The number of Topliss-reactive ketones (excluding diaryl/α,β-unsaturated/α-hetero) is 1. The van der Waals surface area contributed by atoms with Crippen LogP contribution in [0.4, 0.5) is 0 Å². The van der Waals surface area contributed by atoms with Crippen molar-refractivity contribution in [2.24, 2.45) is 7.05 Å². The highest BCUT2D eigenvalue weighted by molar-refractivity contribution is 7.99. The molecule has 0 spiro atoms. The van der Waals surface area contributed by atoms with Crippen LogP contribution in [-0.4, -0.2) is 64.7 Å². The molecule has 0 unspecified atom stereocenters. The largest absolute Gasteiger partial charge is 0.379 e. The predicted octanol–water partition coefficient (Wildman–Crippen LogP) is 3.01. The fourth-order valence-electron chi connectivity index (χ4n) is 3.95. The Bertz CT molecular complexity index is 1270. The summed E-state index contributed by atoms with van der Waals surface area (Å²) < 4.78 is 36.8. The molecular formula is C22H28N4O4S2. The van der Waals surface area contributed by atoms with Crippen molar-refractivity contribution in [2.45, 2.75) is 37.4 Å². The first kappa shape index (κ1) is 23.0. The lowest BCUT2D eigenvalue weighted by Gasteiger charge is -2.26. The standard InChI is InChI=1S/C22H28N4O4S2/c1-5-26-20-7-6-17(32(28,29)25-8-10-30-11-9-25)13-19(20)23-22(26)31-14-21(27)18-12-15(2)24(4)16(18)3/h6-7,12-13H,5,8-11,14H2,1-4H3. The van der Waals surface area contributed by atoms with Crippen LogP contribution in [0.25, 0.3) is 11.0 Å². The van der Waals surface area contributed by atoms with Crippen molar-refractivity contribution in [3.05, 3.63) is 41.2 Å². The number of aromatic nitrogens is 3. The van der Waals surface area contributed by atoms with Gasteiger partial charge in [0.1, 0.15) is 0 Å². The minimum atomic E-state index is -3.59. The van der Waals surface area contributed by atoms with E-state index in [0.29, 0.717) is 43.5 Å². The Morgan fingerprint density at radius 2 is 1.91 bits per heavy atom. The van der Waals surface area contributed by atoms with Crippen LogP contribution in [0.2, 0.25) is 0 Å². The summed E-state index contributed by atoms with van der Waals surface area (Å²) in [6.07, 6.45) is 0. The van der Waals surface area contributed by atoms with Gasteiger partial charge in [0.25, 0.3) is 0 Å². The molecule has 32 heavy (non-hydrogen) atoms. The first-order valence-electron chi connectivity index (χ1n) is 10.6. The predicted molar refractivity (Wildman–Crippen MR) is 125 cm³/mol. The summed E-state index contributed by atoms with van der Waals surface area (Å²) in [6.45, 7) is 8.12. The van der Waals surface area contributed by atoms with Crippen LogP contribution in [0.3, 0.4) is 0 Å². The van der Waals surface area contributed by atoms with Gasteiger partial charge in [-0.15, -0.1) is 0 Å². The number of hydrogen-bond donors (Lipinski definition) is 0. The van der Waals surface area contributed by atoms with E-state index in [1.54, 1.807) is 18.2 Å². The van der Waals surface area contributed by atoms with Gasteiger partial charge in [-0.05, 0) is 45.0 Å². The van der Waals surface area contributed by atoms with E-state index in [0.717, 1.165) is 22.5 Å². The highest BCUT2D eigenvalue weighted by Gasteiger charge is 2.27. The average Bonchev–Trinajstić information content (AvgIpc) is 3.29. The number of fused-ring (bicyclic) bond motifs is 1. The summed E-state index contributed by atoms with van der Waals surface area (Å²) in [6, 6.07) is 6.99. The first-order valence-corrected chi connectivity index (χ1v) is 13.0. The summed E-state index contributed by atoms with van der Waals surface area (Å²) in [5.41, 5.74) is 4.20. The molecule has 0 radical (unpaired) electrons. The number of carbonyl (C=O) groups is 1. The molecule has 4 rings (SSSR count). The molecule has 3 aromatic rings. The zero-order chi connectivity index (χ0) is 23.0. The number of carbonyl (C=O) groups excluding carboxylic acids is 1. The van der Waals surface area contributed by atoms with Crippen LogP contribution in [0, 0.1) is 13.8 Å². The van der Waals surface area contributed by atoms with Gasteiger partial charge in [0.05, 0.1) is 34.9 Å². The number of thioether (sulfide) groups is 1. The maximum Gasteiger partial charge on any atom is 0.243 e. The highest BCUT2D eigenvalue weighted by atomic mass is 32.2. The second kappa shape index (κ2) is 9.01. The lowest BCUT2D eigenvalue weighted by molar-refractivity contribution is 0.0730. The van der Waals surface area contributed by atoms with Crippen molar-refractivity contribution in [3.63, 3.8) is 0 Å². The molecule has 0 N–H and O–H groups in total. The quantitative estimate of drug-likeness (QED) is 0.385. The summed E-state index contributed by atoms with van der Waals surface area (Å²) in [5, 5.41) is 0.710.